The van der Waals surface area contributed by atoms with Crippen LogP contribution in [0, 0.1) is 0 Å². The van der Waals surface area contributed by atoms with Crippen LogP contribution in [0.15, 0.2) is 18.2 Å². The Morgan fingerprint density at radius 1 is 1.44 bits per heavy atom. The molecular formula is C12H15ClO3. The normalized spacial score (nSPS) is 10.1. The number of methoxy groups -OCH3 is 1. The van der Waals surface area contributed by atoms with Gasteiger partial charge in [0.25, 0.3) is 0 Å². The first-order valence-corrected chi connectivity index (χ1v) is 5.55. The molecule has 0 aromatic heterocycles. The van der Waals surface area contributed by atoms with Gasteiger partial charge in [-0.2, -0.15) is 0 Å². The first kappa shape index (κ1) is 12.8. The van der Waals surface area contributed by atoms with Crippen LogP contribution < -0.4 is 4.74 Å². The van der Waals surface area contributed by atoms with Crippen LogP contribution in [-0.4, -0.2) is 18.2 Å². The number of hydrogen-bond donors (Lipinski definition) is 1. The van der Waals surface area contributed by atoms with E-state index in [2.05, 4.69) is 0 Å². The Morgan fingerprint density at radius 3 is 2.81 bits per heavy atom. The monoisotopic (exact) mass is 242 g/mol. The molecule has 0 unspecified atom stereocenters. The van der Waals surface area contributed by atoms with Crippen molar-refractivity contribution in [3.8, 4) is 5.75 Å². The van der Waals surface area contributed by atoms with Crippen LogP contribution in [0.2, 0.25) is 5.02 Å². The van der Waals surface area contributed by atoms with Crippen molar-refractivity contribution in [2.75, 3.05) is 7.11 Å². The molecule has 1 rings (SSSR count). The van der Waals surface area contributed by atoms with Crippen molar-refractivity contribution < 1.29 is 14.6 Å². The first-order chi connectivity index (χ1) is 7.63. The van der Waals surface area contributed by atoms with Crippen LogP contribution in [-0.2, 0) is 11.2 Å². The molecule has 0 radical (unpaired) electrons. The maximum absolute atomic E-state index is 10.3. The molecule has 3 nitrogen and oxygen atoms in total. The Balaban J connectivity index is 2.45. The maximum Gasteiger partial charge on any atom is 0.303 e. The standard InChI is InChI=1S/C12H15ClO3/c1-16-11-8-9(6-7-10(11)13)4-2-3-5-12(14)15/h6-8H,2-5H2,1H3,(H,14,15). The van der Waals surface area contributed by atoms with Gasteiger partial charge in [-0.3, -0.25) is 4.79 Å². The number of benzene rings is 1. The minimum Gasteiger partial charge on any atom is -0.495 e. The summed E-state index contributed by atoms with van der Waals surface area (Å²) in [5.41, 5.74) is 1.12. The molecule has 1 aromatic carbocycles. The molecule has 88 valence electrons. The fourth-order valence-corrected chi connectivity index (χ4v) is 1.66. The number of halogens is 1. The number of aryl methyl sites for hydroxylation is 1. The van der Waals surface area contributed by atoms with Crippen LogP contribution in [0.5, 0.6) is 5.75 Å². The van der Waals surface area contributed by atoms with Crippen molar-refractivity contribution in [3.63, 3.8) is 0 Å². The van der Waals surface area contributed by atoms with Crippen molar-refractivity contribution in [2.24, 2.45) is 0 Å². The SMILES string of the molecule is COc1cc(CCCCC(=O)O)ccc1Cl. The molecule has 0 aliphatic heterocycles. The van der Waals surface area contributed by atoms with E-state index < -0.39 is 5.97 Å². The predicted molar refractivity (Wildman–Crippen MR) is 63.2 cm³/mol. The van der Waals surface area contributed by atoms with Crippen LogP contribution in [0.1, 0.15) is 24.8 Å². The van der Waals surface area contributed by atoms with E-state index in [1.54, 1.807) is 13.2 Å². The molecule has 0 amide bonds. The highest BCUT2D eigenvalue weighted by molar-refractivity contribution is 6.32. The molecular weight excluding hydrogens is 228 g/mol. The third-order valence-electron chi connectivity index (χ3n) is 2.32. The van der Waals surface area contributed by atoms with E-state index in [1.807, 2.05) is 12.1 Å². The molecule has 0 fully saturated rings. The van der Waals surface area contributed by atoms with Crippen molar-refractivity contribution in [1.82, 2.24) is 0 Å². The average Bonchev–Trinajstić information content (AvgIpc) is 2.26. The first-order valence-electron chi connectivity index (χ1n) is 5.17. The summed E-state index contributed by atoms with van der Waals surface area (Å²) in [4.78, 5) is 10.3. The minimum absolute atomic E-state index is 0.227. The largest absolute Gasteiger partial charge is 0.495 e. The summed E-state index contributed by atoms with van der Waals surface area (Å²) in [5, 5.41) is 9.09. The van der Waals surface area contributed by atoms with Crippen molar-refractivity contribution in [2.45, 2.75) is 25.7 Å². The lowest BCUT2D eigenvalue weighted by Crippen LogP contribution is -1.95. The highest BCUT2D eigenvalue weighted by Gasteiger charge is 2.02. The van der Waals surface area contributed by atoms with Gasteiger partial charge >= 0.3 is 5.97 Å². The van der Waals surface area contributed by atoms with Gasteiger partial charge in [0.2, 0.25) is 0 Å². The second-order valence-corrected chi connectivity index (χ2v) is 3.98. The molecule has 1 aromatic rings. The summed E-state index contributed by atoms with van der Waals surface area (Å²) >= 11 is 5.90. The quantitative estimate of drug-likeness (QED) is 0.780. The molecule has 0 atom stereocenters. The summed E-state index contributed by atoms with van der Waals surface area (Å²) in [6.07, 6.45) is 2.63. The fourth-order valence-electron chi connectivity index (χ4n) is 1.47. The van der Waals surface area contributed by atoms with E-state index in [0.717, 1.165) is 18.4 Å². The maximum atomic E-state index is 10.3. The number of carbonyl (C=O) groups is 1. The number of hydrogen-bond acceptors (Lipinski definition) is 2. The Kier molecular flexibility index (Phi) is 5.12. The molecule has 0 heterocycles. The van der Waals surface area contributed by atoms with Crippen molar-refractivity contribution >= 4 is 17.6 Å². The van der Waals surface area contributed by atoms with Crippen LogP contribution in [0.3, 0.4) is 0 Å². The van der Waals surface area contributed by atoms with Gasteiger partial charge < -0.3 is 9.84 Å². The van der Waals surface area contributed by atoms with Crippen molar-refractivity contribution in [1.29, 1.82) is 0 Å². The zero-order chi connectivity index (χ0) is 12.0. The molecule has 0 bridgehead atoms. The second-order valence-electron chi connectivity index (χ2n) is 3.57. The topological polar surface area (TPSA) is 46.5 Å². The summed E-state index contributed by atoms with van der Waals surface area (Å²) in [6, 6.07) is 5.63. The lowest BCUT2D eigenvalue weighted by Gasteiger charge is -2.06. The Bertz CT molecular complexity index is 363. The number of ether oxygens (including phenoxy) is 1. The molecule has 0 aliphatic rings. The van der Waals surface area contributed by atoms with Gasteiger partial charge in [0, 0.05) is 6.42 Å². The smallest absolute Gasteiger partial charge is 0.303 e. The van der Waals surface area contributed by atoms with Gasteiger partial charge in [0.1, 0.15) is 5.75 Å². The summed E-state index contributed by atoms with van der Waals surface area (Å²) in [7, 11) is 1.58. The lowest BCUT2D eigenvalue weighted by atomic mass is 10.1. The molecule has 0 saturated heterocycles. The molecule has 0 saturated carbocycles. The van der Waals surface area contributed by atoms with E-state index in [9.17, 15) is 4.79 Å². The highest BCUT2D eigenvalue weighted by Crippen LogP contribution is 2.25. The van der Waals surface area contributed by atoms with E-state index in [4.69, 9.17) is 21.4 Å². The van der Waals surface area contributed by atoms with Crippen molar-refractivity contribution in [3.05, 3.63) is 28.8 Å². The van der Waals surface area contributed by atoms with Gasteiger partial charge in [0.15, 0.2) is 0 Å². The number of aliphatic carboxylic acids is 1. The number of carboxylic acid groups (broad SMARTS) is 1. The number of unbranched alkanes of at least 4 members (excludes halogenated alkanes) is 1. The minimum atomic E-state index is -0.742. The van der Waals surface area contributed by atoms with Crippen LogP contribution in [0.4, 0.5) is 0 Å². The Hall–Kier alpha value is -1.22. The molecule has 1 N–H and O–H groups in total. The molecule has 0 spiro atoms. The summed E-state index contributed by atoms with van der Waals surface area (Å²) in [5.74, 6) is -0.0777. The zero-order valence-corrected chi connectivity index (χ0v) is 9.96. The average molecular weight is 243 g/mol. The van der Waals surface area contributed by atoms with Gasteiger partial charge in [-0.15, -0.1) is 0 Å². The zero-order valence-electron chi connectivity index (χ0n) is 9.20. The summed E-state index contributed by atoms with van der Waals surface area (Å²) in [6.45, 7) is 0. The van der Waals surface area contributed by atoms with E-state index in [1.165, 1.54) is 0 Å². The highest BCUT2D eigenvalue weighted by atomic mass is 35.5. The Labute approximate surface area is 100.0 Å². The van der Waals surface area contributed by atoms with Gasteiger partial charge in [0.05, 0.1) is 12.1 Å². The van der Waals surface area contributed by atoms with Gasteiger partial charge in [-0.25, -0.2) is 0 Å². The predicted octanol–water partition coefficient (Wildman–Crippen LogP) is 3.15. The third kappa shape index (κ3) is 4.11. The lowest BCUT2D eigenvalue weighted by molar-refractivity contribution is -0.137. The fraction of sp³-hybridized carbons (Fsp3) is 0.417. The van der Waals surface area contributed by atoms with Crippen LogP contribution in [0.25, 0.3) is 0 Å². The number of carboxylic acids is 1. The summed E-state index contributed by atoms with van der Waals surface area (Å²) < 4.78 is 5.10. The third-order valence-corrected chi connectivity index (χ3v) is 2.63. The molecule has 16 heavy (non-hydrogen) atoms. The van der Waals surface area contributed by atoms with Gasteiger partial charge in [-0.1, -0.05) is 17.7 Å². The van der Waals surface area contributed by atoms with E-state index in [-0.39, 0.29) is 6.42 Å². The molecule has 0 aliphatic carbocycles. The number of rotatable bonds is 6. The Morgan fingerprint density at radius 2 is 2.19 bits per heavy atom. The van der Waals surface area contributed by atoms with E-state index in [0.29, 0.717) is 17.2 Å². The molecule has 4 heteroatoms. The van der Waals surface area contributed by atoms with E-state index >= 15 is 0 Å². The van der Waals surface area contributed by atoms with Gasteiger partial charge in [-0.05, 0) is 37.0 Å². The van der Waals surface area contributed by atoms with Crippen LogP contribution >= 0.6 is 11.6 Å². The second kappa shape index (κ2) is 6.38.